The van der Waals surface area contributed by atoms with Gasteiger partial charge < -0.3 is 5.32 Å². The molecule has 0 fully saturated rings. The third kappa shape index (κ3) is 3.13. The molecule has 5 nitrogen and oxygen atoms in total. The molecule has 100 valence electrons. The van der Waals surface area contributed by atoms with Crippen LogP contribution in [0.1, 0.15) is 12.5 Å². The number of nitrogens with zero attached hydrogens (tertiary/aromatic N) is 2. The van der Waals surface area contributed by atoms with Gasteiger partial charge in [0.25, 0.3) is 0 Å². The molecule has 0 aliphatic rings. The summed E-state index contributed by atoms with van der Waals surface area (Å²) in [5, 5.41) is 2.78. The number of aromatic nitrogens is 2. The van der Waals surface area contributed by atoms with Crippen LogP contribution in [0.15, 0.2) is 41.5 Å². The zero-order valence-electron chi connectivity index (χ0n) is 11.1. The number of carbonyl (C=O) groups is 1. The van der Waals surface area contributed by atoms with Crippen LogP contribution in [-0.4, -0.2) is 15.0 Å². The number of anilines is 1. The lowest BCUT2D eigenvalue weighted by molar-refractivity contribution is -0.116. The first-order chi connectivity index (χ1) is 9.10. The Morgan fingerprint density at radius 2 is 2.00 bits per heavy atom. The number of benzene rings is 1. The largest absolute Gasteiger partial charge is 0.328 e. The van der Waals surface area contributed by atoms with Crippen LogP contribution in [0.4, 0.5) is 5.69 Å². The highest BCUT2D eigenvalue weighted by molar-refractivity contribution is 5.90. The normalized spacial score (nSPS) is 10.4. The monoisotopic (exact) mass is 259 g/mol. The zero-order chi connectivity index (χ0) is 13.8. The van der Waals surface area contributed by atoms with Crippen LogP contribution < -0.4 is 11.0 Å². The predicted octanol–water partition coefficient (Wildman–Crippen LogP) is 1.62. The molecule has 19 heavy (non-hydrogen) atoms. The zero-order valence-corrected chi connectivity index (χ0v) is 11.1. The maximum Gasteiger partial charge on any atom is 0.328 e. The van der Waals surface area contributed by atoms with E-state index in [0.29, 0.717) is 6.54 Å². The molecular formula is C14H17N3O2. The van der Waals surface area contributed by atoms with Crippen LogP contribution >= 0.6 is 0 Å². The topological polar surface area (TPSA) is 56.0 Å². The van der Waals surface area contributed by atoms with E-state index in [0.717, 1.165) is 11.3 Å². The van der Waals surface area contributed by atoms with Crippen molar-refractivity contribution in [1.29, 1.82) is 0 Å². The SMILES string of the molecule is CCn1ccn(CC(=O)Nc2cccc(C)c2)c1=O. The van der Waals surface area contributed by atoms with Gasteiger partial charge in [-0.2, -0.15) is 0 Å². The van der Waals surface area contributed by atoms with Gasteiger partial charge in [-0.3, -0.25) is 13.9 Å². The molecule has 0 unspecified atom stereocenters. The summed E-state index contributed by atoms with van der Waals surface area (Å²) >= 11 is 0. The second kappa shape index (κ2) is 5.56. The molecule has 1 amide bonds. The first kappa shape index (κ1) is 13.1. The number of rotatable bonds is 4. The van der Waals surface area contributed by atoms with Crippen molar-refractivity contribution in [3.63, 3.8) is 0 Å². The fraction of sp³-hybridized carbons (Fsp3) is 0.286. The highest BCUT2D eigenvalue weighted by Crippen LogP contribution is 2.09. The molecule has 0 aliphatic heterocycles. The molecular weight excluding hydrogens is 242 g/mol. The molecule has 0 radical (unpaired) electrons. The predicted molar refractivity (Wildman–Crippen MR) is 74.2 cm³/mol. The van der Waals surface area contributed by atoms with E-state index in [9.17, 15) is 9.59 Å². The van der Waals surface area contributed by atoms with Gasteiger partial charge in [0.15, 0.2) is 0 Å². The Hall–Kier alpha value is -2.30. The lowest BCUT2D eigenvalue weighted by Gasteiger charge is -2.06. The fourth-order valence-corrected chi connectivity index (χ4v) is 1.89. The molecule has 5 heteroatoms. The Morgan fingerprint density at radius 3 is 2.63 bits per heavy atom. The van der Waals surface area contributed by atoms with Crippen molar-refractivity contribution >= 4 is 11.6 Å². The van der Waals surface area contributed by atoms with Crippen molar-refractivity contribution in [3.8, 4) is 0 Å². The maximum atomic E-state index is 11.9. The molecule has 0 spiro atoms. The first-order valence-corrected chi connectivity index (χ1v) is 6.22. The molecule has 1 aromatic heterocycles. The number of imidazole rings is 1. The summed E-state index contributed by atoms with van der Waals surface area (Å²) in [5.74, 6) is -0.207. The molecule has 0 aliphatic carbocycles. The molecule has 0 atom stereocenters. The van der Waals surface area contributed by atoms with E-state index in [2.05, 4.69) is 5.32 Å². The van der Waals surface area contributed by atoms with Gasteiger partial charge in [-0.15, -0.1) is 0 Å². The number of amides is 1. The summed E-state index contributed by atoms with van der Waals surface area (Å²) in [6, 6.07) is 7.55. The third-order valence-electron chi connectivity index (χ3n) is 2.87. The van der Waals surface area contributed by atoms with Crippen molar-refractivity contribution < 1.29 is 4.79 Å². The van der Waals surface area contributed by atoms with Crippen molar-refractivity contribution in [2.75, 3.05) is 5.32 Å². The molecule has 2 rings (SSSR count). The minimum atomic E-state index is -0.207. The van der Waals surface area contributed by atoms with Crippen LogP contribution in [-0.2, 0) is 17.9 Å². The van der Waals surface area contributed by atoms with Crippen molar-refractivity contribution in [1.82, 2.24) is 9.13 Å². The Bertz CT molecular complexity index is 640. The van der Waals surface area contributed by atoms with Crippen LogP contribution in [0.3, 0.4) is 0 Å². The van der Waals surface area contributed by atoms with E-state index in [-0.39, 0.29) is 18.1 Å². The second-order valence-electron chi connectivity index (χ2n) is 4.41. The Balaban J connectivity index is 2.05. The quantitative estimate of drug-likeness (QED) is 0.907. The molecule has 0 saturated carbocycles. The Labute approximate surface area is 111 Å². The number of aryl methyl sites for hydroxylation is 2. The van der Waals surface area contributed by atoms with Gasteiger partial charge in [-0.05, 0) is 31.5 Å². The maximum absolute atomic E-state index is 11.9. The van der Waals surface area contributed by atoms with Crippen molar-refractivity contribution in [3.05, 3.63) is 52.7 Å². The lowest BCUT2D eigenvalue weighted by atomic mass is 10.2. The third-order valence-corrected chi connectivity index (χ3v) is 2.87. The van der Waals surface area contributed by atoms with E-state index < -0.39 is 0 Å². The molecule has 0 bridgehead atoms. The average molecular weight is 259 g/mol. The molecule has 1 N–H and O–H groups in total. The second-order valence-corrected chi connectivity index (χ2v) is 4.41. The molecule has 1 aromatic carbocycles. The first-order valence-electron chi connectivity index (χ1n) is 6.22. The van der Waals surface area contributed by atoms with Gasteiger partial charge in [0.2, 0.25) is 5.91 Å². The Morgan fingerprint density at radius 1 is 1.26 bits per heavy atom. The minimum absolute atomic E-state index is 0.0276. The average Bonchev–Trinajstić information content (AvgIpc) is 2.70. The lowest BCUT2D eigenvalue weighted by Crippen LogP contribution is -2.28. The number of hydrogen-bond donors (Lipinski definition) is 1. The van der Waals surface area contributed by atoms with Crippen LogP contribution in [0, 0.1) is 6.92 Å². The highest BCUT2D eigenvalue weighted by Gasteiger charge is 2.07. The standard InChI is InChI=1S/C14H17N3O2/c1-3-16-7-8-17(14(16)19)10-13(18)15-12-6-4-5-11(2)9-12/h4-9H,3,10H2,1-2H3,(H,15,18). The van der Waals surface area contributed by atoms with Gasteiger partial charge in [0.1, 0.15) is 6.54 Å². The van der Waals surface area contributed by atoms with Crippen LogP contribution in [0.5, 0.6) is 0 Å². The van der Waals surface area contributed by atoms with Gasteiger partial charge in [-0.1, -0.05) is 12.1 Å². The van der Waals surface area contributed by atoms with Gasteiger partial charge in [-0.25, -0.2) is 4.79 Å². The van der Waals surface area contributed by atoms with E-state index in [4.69, 9.17) is 0 Å². The number of hydrogen-bond acceptors (Lipinski definition) is 2. The van der Waals surface area contributed by atoms with Gasteiger partial charge in [0.05, 0.1) is 0 Å². The van der Waals surface area contributed by atoms with E-state index in [1.54, 1.807) is 17.0 Å². The molecule has 1 heterocycles. The van der Waals surface area contributed by atoms with E-state index in [1.165, 1.54) is 4.57 Å². The number of nitrogens with one attached hydrogen (secondary N) is 1. The van der Waals surface area contributed by atoms with Gasteiger partial charge in [0, 0.05) is 24.6 Å². The fourth-order valence-electron chi connectivity index (χ4n) is 1.89. The highest BCUT2D eigenvalue weighted by atomic mass is 16.2. The molecule has 2 aromatic rings. The summed E-state index contributed by atoms with van der Waals surface area (Å²) in [5.41, 5.74) is 1.65. The van der Waals surface area contributed by atoms with Crippen LogP contribution in [0.25, 0.3) is 0 Å². The summed E-state index contributed by atoms with van der Waals surface area (Å²) in [7, 11) is 0. The van der Waals surface area contributed by atoms with Crippen molar-refractivity contribution in [2.24, 2.45) is 0 Å². The van der Waals surface area contributed by atoms with E-state index in [1.807, 2.05) is 38.1 Å². The minimum Gasteiger partial charge on any atom is -0.325 e. The number of carbonyl (C=O) groups excluding carboxylic acids is 1. The van der Waals surface area contributed by atoms with E-state index >= 15 is 0 Å². The summed E-state index contributed by atoms with van der Waals surface area (Å²) in [4.78, 5) is 23.7. The van der Waals surface area contributed by atoms with Crippen molar-refractivity contribution in [2.45, 2.75) is 26.9 Å². The summed E-state index contributed by atoms with van der Waals surface area (Å²) in [6.07, 6.45) is 3.31. The summed E-state index contributed by atoms with van der Waals surface area (Å²) < 4.78 is 2.95. The van der Waals surface area contributed by atoms with Crippen LogP contribution in [0.2, 0.25) is 0 Å². The summed E-state index contributed by atoms with van der Waals surface area (Å²) in [6.45, 7) is 4.48. The smallest absolute Gasteiger partial charge is 0.325 e. The molecule has 0 saturated heterocycles. The Kier molecular flexibility index (Phi) is 3.85. The van der Waals surface area contributed by atoms with Gasteiger partial charge >= 0.3 is 5.69 Å².